The Morgan fingerprint density at radius 1 is 0.625 bits per heavy atom. The van der Waals surface area contributed by atoms with Crippen molar-refractivity contribution in [3.63, 3.8) is 0 Å². The van der Waals surface area contributed by atoms with Gasteiger partial charge in [0.05, 0.1) is 13.2 Å². The van der Waals surface area contributed by atoms with Gasteiger partial charge in [-0.15, -0.1) is 0 Å². The molecule has 4 rings (SSSR count). The van der Waals surface area contributed by atoms with Crippen LogP contribution in [-0.2, 0) is 9.31 Å². The summed E-state index contributed by atoms with van der Waals surface area (Å²) >= 11 is 0. The normalized spacial score (nSPS) is 14.3. The molecule has 0 amide bonds. The molecule has 1 heterocycles. The molecule has 3 aromatic rings. The smallest absolute Gasteiger partial charge is 0.405 e. The second kappa shape index (κ2) is 7.31. The summed E-state index contributed by atoms with van der Waals surface area (Å²) in [5.74, 6) is 0. The Hall–Kier alpha value is -1.93. The van der Waals surface area contributed by atoms with E-state index in [9.17, 15) is 0 Å². The molecule has 0 spiro atoms. The lowest BCUT2D eigenvalue weighted by Crippen LogP contribution is -2.43. The zero-order valence-corrected chi connectivity index (χ0v) is 14.2. The molecule has 2 nitrogen and oxygen atoms in total. The summed E-state index contributed by atoms with van der Waals surface area (Å²) < 4.78 is 11.6. The molecule has 0 bridgehead atoms. The number of hydrogen-bond donors (Lipinski definition) is 0. The van der Waals surface area contributed by atoms with E-state index in [1.54, 1.807) is 0 Å². The minimum Gasteiger partial charge on any atom is -0.405 e. The molecule has 1 fully saturated rings. The van der Waals surface area contributed by atoms with Gasteiger partial charge in [0.15, 0.2) is 0 Å². The van der Waals surface area contributed by atoms with Crippen LogP contribution in [0.3, 0.4) is 0 Å². The summed E-state index contributed by atoms with van der Waals surface area (Å²) in [6.07, 6.45) is 0. The van der Waals surface area contributed by atoms with E-state index >= 15 is 0 Å². The van der Waals surface area contributed by atoms with Crippen molar-refractivity contribution in [2.45, 2.75) is 0 Å². The Labute approximate surface area is 144 Å². The van der Waals surface area contributed by atoms with Crippen molar-refractivity contribution in [1.29, 1.82) is 0 Å². The highest BCUT2D eigenvalue weighted by molar-refractivity contribution is 7.80. The van der Waals surface area contributed by atoms with Crippen molar-refractivity contribution in [1.82, 2.24) is 0 Å². The van der Waals surface area contributed by atoms with Crippen LogP contribution in [0.4, 0.5) is 0 Å². The first-order valence-corrected chi connectivity index (χ1v) is 9.50. The fourth-order valence-corrected chi connectivity index (χ4v) is 5.48. The van der Waals surface area contributed by atoms with Gasteiger partial charge >= 0.3 is 7.12 Å². The molecular formula is C20H18BO2P. The van der Waals surface area contributed by atoms with E-state index in [2.05, 4.69) is 84.9 Å². The van der Waals surface area contributed by atoms with E-state index in [1.165, 1.54) is 15.9 Å². The highest BCUT2D eigenvalue weighted by Crippen LogP contribution is 2.32. The second-order valence-electron chi connectivity index (χ2n) is 5.64. The molecule has 0 unspecified atom stereocenters. The van der Waals surface area contributed by atoms with Crippen LogP contribution in [0.5, 0.6) is 0 Å². The molecule has 0 saturated carbocycles. The maximum atomic E-state index is 5.79. The molecule has 0 atom stereocenters. The standard InChI is InChI=1S/C20H18BO2P/c1-3-9-17(10-4-1)24(18-11-5-2-6-12-18)20-14-8-7-13-19(20)21-22-15-16-23-21/h1-14H,15-16H2. The minimum absolute atomic E-state index is 0.251. The van der Waals surface area contributed by atoms with E-state index in [4.69, 9.17) is 9.31 Å². The summed E-state index contributed by atoms with van der Waals surface area (Å²) in [5.41, 5.74) is 1.15. The topological polar surface area (TPSA) is 18.5 Å². The zero-order valence-electron chi connectivity index (χ0n) is 13.3. The lowest BCUT2D eigenvalue weighted by Gasteiger charge is -2.22. The molecule has 0 radical (unpaired) electrons. The summed E-state index contributed by atoms with van der Waals surface area (Å²) in [4.78, 5) is 0. The monoisotopic (exact) mass is 332 g/mol. The maximum absolute atomic E-state index is 5.79. The summed E-state index contributed by atoms with van der Waals surface area (Å²) in [5, 5.41) is 3.98. The number of rotatable bonds is 4. The average Bonchev–Trinajstić information content (AvgIpc) is 3.19. The summed E-state index contributed by atoms with van der Waals surface area (Å²) in [6, 6.07) is 29.9. The van der Waals surface area contributed by atoms with E-state index in [1.807, 2.05) is 0 Å². The van der Waals surface area contributed by atoms with Crippen molar-refractivity contribution in [2.24, 2.45) is 0 Å². The van der Waals surface area contributed by atoms with Gasteiger partial charge in [-0.3, -0.25) is 0 Å². The Kier molecular flexibility index (Phi) is 4.75. The first-order valence-electron chi connectivity index (χ1n) is 8.16. The van der Waals surface area contributed by atoms with Crippen LogP contribution in [0.25, 0.3) is 0 Å². The van der Waals surface area contributed by atoms with Gasteiger partial charge in [0.25, 0.3) is 0 Å². The lowest BCUT2D eigenvalue weighted by atomic mass is 9.79. The van der Waals surface area contributed by atoms with Crippen LogP contribution in [-0.4, -0.2) is 20.3 Å². The highest BCUT2D eigenvalue weighted by atomic mass is 31.1. The largest absolute Gasteiger partial charge is 0.494 e. The van der Waals surface area contributed by atoms with Gasteiger partial charge in [0.2, 0.25) is 0 Å². The molecule has 1 aliphatic heterocycles. The van der Waals surface area contributed by atoms with Crippen molar-refractivity contribution in [3.8, 4) is 0 Å². The minimum atomic E-state index is -0.643. The van der Waals surface area contributed by atoms with Crippen molar-refractivity contribution in [3.05, 3.63) is 84.9 Å². The van der Waals surface area contributed by atoms with Crippen LogP contribution in [0, 0.1) is 0 Å². The van der Waals surface area contributed by atoms with Gasteiger partial charge in [-0.2, -0.15) is 0 Å². The van der Waals surface area contributed by atoms with Gasteiger partial charge in [-0.25, -0.2) is 0 Å². The van der Waals surface area contributed by atoms with E-state index in [0.717, 1.165) is 5.46 Å². The van der Waals surface area contributed by atoms with Crippen molar-refractivity contribution < 1.29 is 9.31 Å². The van der Waals surface area contributed by atoms with E-state index in [0.29, 0.717) is 13.2 Å². The van der Waals surface area contributed by atoms with Crippen LogP contribution in [0.1, 0.15) is 0 Å². The molecule has 0 N–H and O–H groups in total. The third-order valence-corrected chi connectivity index (χ3v) is 6.60. The first-order chi connectivity index (χ1) is 11.9. The Balaban J connectivity index is 1.86. The van der Waals surface area contributed by atoms with Crippen molar-refractivity contribution in [2.75, 3.05) is 13.2 Å². The van der Waals surface area contributed by atoms with Crippen LogP contribution in [0.15, 0.2) is 84.9 Å². The third kappa shape index (κ3) is 3.16. The highest BCUT2D eigenvalue weighted by Gasteiger charge is 2.31. The Bertz CT molecular complexity index is 750. The van der Waals surface area contributed by atoms with Crippen molar-refractivity contribution >= 4 is 36.4 Å². The van der Waals surface area contributed by atoms with Gasteiger partial charge in [-0.1, -0.05) is 84.9 Å². The van der Waals surface area contributed by atoms with Gasteiger partial charge in [0, 0.05) is 0 Å². The summed E-state index contributed by atoms with van der Waals surface area (Å²) in [7, 11) is -0.894. The van der Waals surface area contributed by atoms with Crippen LogP contribution >= 0.6 is 7.92 Å². The molecule has 3 aromatic carbocycles. The van der Waals surface area contributed by atoms with Gasteiger partial charge < -0.3 is 9.31 Å². The number of benzene rings is 3. The molecule has 1 saturated heterocycles. The average molecular weight is 332 g/mol. The molecule has 118 valence electrons. The predicted molar refractivity (Wildman–Crippen MR) is 102 cm³/mol. The predicted octanol–water partition coefficient (Wildman–Crippen LogP) is 2.19. The molecule has 0 aromatic heterocycles. The van der Waals surface area contributed by atoms with E-state index in [-0.39, 0.29) is 7.12 Å². The SMILES string of the molecule is c1ccc(P(c2ccccc2)c2ccccc2B2OCCO2)cc1. The number of hydrogen-bond acceptors (Lipinski definition) is 2. The molecule has 0 aliphatic carbocycles. The second-order valence-corrected chi connectivity index (χ2v) is 7.82. The first kappa shape index (κ1) is 15.6. The molecular weight excluding hydrogens is 314 g/mol. The summed E-state index contributed by atoms with van der Waals surface area (Å²) in [6.45, 7) is 1.32. The van der Waals surface area contributed by atoms with Gasteiger partial charge in [-0.05, 0) is 29.3 Å². The van der Waals surface area contributed by atoms with Gasteiger partial charge in [0.1, 0.15) is 0 Å². The van der Waals surface area contributed by atoms with Crippen LogP contribution in [0.2, 0.25) is 0 Å². The molecule has 24 heavy (non-hydrogen) atoms. The zero-order chi connectivity index (χ0) is 16.2. The maximum Gasteiger partial charge on any atom is 0.494 e. The fourth-order valence-electron chi connectivity index (χ4n) is 3.01. The molecule has 4 heteroatoms. The van der Waals surface area contributed by atoms with E-state index < -0.39 is 7.92 Å². The van der Waals surface area contributed by atoms with Crippen LogP contribution < -0.4 is 21.4 Å². The molecule has 1 aliphatic rings. The Morgan fingerprint density at radius 2 is 1.12 bits per heavy atom. The fraction of sp³-hybridized carbons (Fsp3) is 0.100. The third-order valence-electron chi connectivity index (χ3n) is 4.08. The Morgan fingerprint density at radius 3 is 1.71 bits per heavy atom. The lowest BCUT2D eigenvalue weighted by molar-refractivity contribution is 0.365. The quantitative estimate of drug-likeness (QED) is 0.539.